The first-order valence-corrected chi connectivity index (χ1v) is 7.68. The maximum absolute atomic E-state index is 12.5. The van der Waals surface area contributed by atoms with E-state index in [9.17, 15) is 4.79 Å². The van der Waals surface area contributed by atoms with E-state index in [1.807, 2.05) is 25.1 Å². The summed E-state index contributed by atoms with van der Waals surface area (Å²) in [4.78, 5) is 25.9. The van der Waals surface area contributed by atoms with E-state index in [-0.39, 0.29) is 5.56 Å². The van der Waals surface area contributed by atoms with Gasteiger partial charge in [0.05, 0.1) is 17.5 Å². The molecule has 23 heavy (non-hydrogen) atoms. The molecule has 0 radical (unpaired) electrons. The zero-order chi connectivity index (χ0) is 16.0. The van der Waals surface area contributed by atoms with Gasteiger partial charge < -0.3 is 9.88 Å². The van der Waals surface area contributed by atoms with Crippen molar-refractivity contribution < 1.29 is 0 Å². The summed E-state index contributed by atoms with van der Waals surface area (Å²) < 4.78 is 1.48. The van der Waals surface area contributed by atoms with Crippen molar-refractivity contribution in [1.29, 1.82) is 0 Å². The lowest BCUT2D eigenvalue weighted by molar-refractivity contribution is 0.842. The number of aryl methyl sites for hydroxylation is 2. The van der Waals surface area contributed by atoms with E-state index in [0.717, 1.165) is 29.8 Å². The van der Waals surface area contributed by atoms with Gasteiger partial charge in [-0.3, -0.25) is 9.78 Å². The summed E-state index contributed by atoms with van der Waals surface area (Å²) in [5, 5.41) is 3.91. The Kier molecular flexibility index (Phi) is 3.11. The van der Waals surface area contributed by atoms with E-state index < -0.39 is 0 Å². The number of rotatable bonds is 3. The molecule has 3 aromatic heterocycles. The molecule has 0 saturated heterocycles. The third kappa shape index (κ3) is 2.56. The number of fused-ring (bicyclic) bond motifs is 1. The molecule has 0 atom stereocenters. The van der Waals surface area contributed by atoms with Crippen molar-refractivity contribution in [3.8, 4) is 11.3 Å². The molecule has 6 heteroatoms. The van der Waals surface area contributed by atoms with E-state index >= 15 is 0 Å². The maximum Gasteiger partial charge on any atom is 0.264 e. The molecule has 3 aromatic rings. The van der Waals surface area contributed by atoms with Crippen LogP contribution in [0.25, 0.3) is 22.2 Å². The zero-order valence-corrected chi connectivity index (χ0v) is 13.1. The van der Waals surface area contributed by atoms with E-state index in [4.69, 9.17) is 0 Å². The Morgan fingerprint density at radius 3 is 2.78 bits per heavy atom. The van der Waals surface area contributed by atoms with E-state index in [2.05, 4.69) is 20.3 Å². The van der Waals surface area contributed by atoms with Crippen LogP contribution >= 0.6 is 0 Å². The van der Waals surface area contributed by atoms with Gasteiger partial charge >= 0.3 is 0 Å². The van der Waals surface area contributed by atoms with E-state index in [0.29, 0.717) is 22.8 Å². The first kappa shape index (κ1) is 13.9. The highest BCUT2D eigenvalue weighted by Crippen LogP contribution is 2.29. The molecule has 116 valence electrons. The number of hydrogen-bond donors (Lipinski definition) is 1. The van der Waals surface area contributed by atoms with Crippen LogP contribution in [0, 0.1) is 6.92 Å². The quantitative estimate of drug-likeness (QED) is 0.803. The Morgan fingerprint density at radius 1 is 1.26 bits per heavy atom. The topological polar surface area (TPSA) is 72.7 Å². The van der Waals surface area contributed by atoms with Crippen LogP contribution in [-0.4, -0.2) is 25.6 Å². The lowest BCUT2D eigenvalue weighted by Crippen LogP contribution is -2.19. The lowest BCUT2D eigenvalue weighted by Gasteiger charge is -2.11. The second-order valence-corrected chi connectivity index (χ2v) is 6.02. The highest BCUT2D eigenvalue weighted by molar-refractivity contribution is 5.91. The molecule has 0 aromatic carbocycles. The first-order chi connectivity index (χ1) is 11.1. The Bertz CT molecular complexity index is 942. The molecule has 0 aliphatic heterocycles. The van der Waals surface area contributed by atoms with Crippen molar-refractivity contribution in [3.63, 3.8) is 0 Å². The summed E-state index contributed by atoms with van der Waals surface area (Å²) in [5.41, 5.74) is 3.21. The monoisotopic (exact) mass is 307 g/mol. The van der Waals surface area contributed by atoms with Gasteiger partial charge in [-0.1, -0.05) is 0 Å². The molecule has 1 aliphatic rings. The molecule has 0 bridgehead atoms. The van der Waals surface area contributed by atoms with Crippen molar-refractivity contribution in [2.45, 2.75) is 25.8 Å². The predicted molar refractivity (Wildman–Crippen MR) is 89.4 cm³/mol. The summed E-state index contributed by atoms with van der Waals surface area (Å²) in [5.74, 6) is 0.620. The molecule has 1 N–H and O–H groups in total. The lowest BCUT2D eigenvalue weighted by atomic mass is 10.1. The van der Waals surface area contributed by atoms with Gasteiger partial charge in [0.2, 0.25) is 0 Å². The van der Waals surface area contributed by atoms with Crippen LogP contribution in [0.1, 0.15) is 18.5 Å². The van der Waals surface area contributed by atoms with Crippen LogP contribution in [0.3, 0.4) is 0 Å². The van der Waals surface area contributed by atoms with Gasteiger partial charge in [0, 0.05) is 30.5 Å². The highest BCUT2D eigenvalue weighted by atomic mass is 16.1. The minimum absolute atomic E-state index is 0.0840. The largest absolute Gasteiger partial charge is 0.367 e. The maximum atomic E-state index is 12.5. The standard InChI is InChI=1S/C17H17N5O/c1-10-3-4-11(8-18-10)13-7-14-15(17(23)22(2)9-19-14)16(21-13)20-12-5-6-12/h3-4,7-9,12H,5-6H2,1-2H3,(H,20,21). The summed E-state index contributed by atoms with van der Waals surface area (Å²) in [7, 11) is 1.70. The summed E-state index contributed by atoms with van der Waals surface area (Å²) in [6, 6.07) is 6.19. The fraction of sp³-hybridized carbons (Fsp3) is 0.294. The first-order valence-electron chi connectivity index (χ1n) is 7.68. The van der Waals surface area contributed by atoms with Crippen LogP contribution < -0.4 is 10.9 Å². The van der Waals surface area contributed by atoms with Crippen LogP contribution in [0.4, 0.5) is 5.82 Å². The van der Waals surface area contributed by atoms with Gasteiger partial charge in [0.15, 0.2) is 0 Å². The molecule has 3 heterocycles. The molecule has 4 rings (SSSR count). The normalized spacial score (nSPS) is 14.2. The van der Waals surface area contributed by atoms with E-state index in [1.54, 1.807) is 19.6 Å². The number of nitrogens with zero attached hydrogens (tertiary/aromatic N) is 4. The van der Waals surface area contributed by atoms with Gasteiger partial charge in [-0.15, -0.1) is 0 Å². The van der Waals surface area contributed by atoms with Gasteiger partial charge in [0.1, 0.15) is 11.2 Å². The average molecular weight is 307 g/mol. The molecule has 0 spiro atoms. The van der Waals surface area contributed by atoms with Gasteiger partial charge in [-0.05, 0) is 38.0 Å². The molecular formula is C17H17N5O. The molecular weight excluding hydrogens is 290 g/mol. The molecule has 1 fully saturated rings. The Morgan fingerprint density at radius 2 is 2.09 bits per heavy atom. The smallest absolute Gasteiger partial charge is 0.264 e. The number of anilines is 1. The fourth-order valence-electron chi connectivity index (χ4n) is 2.51. The van der Waals surface area contributed by atoms with Crippen molar-refractivity contribution in [1.82, 2.24) is 19.5 Å². The molecule has 1 saturated carbocycles. The molecule has 0 unspecified atom stereocenters. The summed E-state index contributed by atoms with van der Waals surface area (Å²) in [6.45, 7) is 1.95. The van der Waals surface area contributed by atoms with Crippen molar-refractivity contribution in [2.24, 2.45) is 7.05 Å². The minimum Gasteiger partial charge on any atom is -0.367 e. The molecule has 0 amide bonds. The van der Waals surface area contributed by atoms with Crippen LogP contribution in [-0.2, 0) is 7.05 Å². The zero-order valence-electron chi connectivity index (χ0n) is 13.1. The van der Waals surface area contributed by atoms with E-state index in [1.165, 1.54) is 4.57 Å². The second kappa shape index (κ2) is 5.15. The fourth-order valence-corrected chi connectivity index (χ4v) is 2.51. The molecule has 1 aliphatic carbocycles. The van der Waals surface area contributed by atoms with Gasteiger partial charge in [0.25, 0.3) is 5.56 Å². The van der Waals surface area contributed by atoms with Crippen LogP contribution in [0.15, 0.2) is 35.5 Å². The summed E-state index contributed by atoms with van der Waals surface area (Å²) in [6.07, 6.45) is 5.56. The predicted octanol–water partition coefficient (Wildman–Crippen LogP) is 2.27. The Labute approximate surface area is 133 Å². The van der Waals surface area contributed by atoms with Gasteiger partial charge in [-0.25, -0.2) is 9.97 Å². The number of nitrogens with one attached hydrogen (secondary N) is 1. The minimum atomic E-state index is -0.0840. The van der Waals surface area contributed by atoms with Crippen LogP contribution in [0.2, 0.25) is 0 Å². The Balaban J connectivity index is 1.94. The second-order valence-electron chi connectivity index (χ2n) is 6.02. The number of aromatic nitrogens is 4. The Hall–Kier alpha value is -2.76. The third-order valence-corrected chi connectivity index (χ3v) is 4.03. The third-order valence-electron chi connectivity index (χ3n) is 4.03. The summed E-state index contributed by atoms with van der Waals surface area (Å²) >= 11 is 0. The highest BCUT2D eigenvalue weighted by Gasteiger charge is 2.24. The van der Waals surface area contributed by atoms with Crippen molar-refractivity contribution in [3.05, 3.63) is 46.8 Å². The average Bonchev–Trinajstić information content (AvgIpc) is 3.35. The number of hydrogen-bond acceptors (Lipinski definition) is 5. The van der Waals surface area contributed by atoms with Gasteiger partial charge in [-0.2, -0.15) is 0 Å². The SMILES string of the molecule is Cc1ccc(-c2cc3ncn(C)c(=O)c3c(NC3CC3)n2)cn1. The van der Waals surface area contributed by atoms with Crippen molar-refractivity contribution >= 4 is 16.7 Å². The number of pyridine rings is 2. The molecule has 6 nitrogen and oxygen atoms in total. The van der Waals surface area contributed by atoms with Crippen LogP contribution in [0.5, 0.6) is 0 Å². The van der Waals surface area contributed by atoms with Crippen molar-refractivity contribution in [2.75, 3.05) is 5.32 Å².